The van der Waals surface area contributed by atoms with Crippen LogP contribution in [0.1, 0.15) is 0 Å². The van der Waals surface area contributed by atoms with Crippen LogP contribution in [0.3, 0.4) is 0 Å². The molecule has 4 nitrogen and oxygen atoms in total. The van der Waals surface area contributed by atoms with Gasteiger partial charge in [0, 0.05) is 114 Å². The minimum absolute atomic E-state index is 0.278. The molecule has 0 aliphatic rings. The molecule has 14 aromatic carbocycles. The fourth-order valence-corrected chi connectivity index (χ4v) is 18.8. The molecule has 6 aromatic heterocycles. The normalized spacial score (nSPS) is 11.6. The van der Waals surface area contributed by atoms with Gasteiger partial charge in [-0.1, -0.05) is 182 Å². The summed E-state index contributed by atoms with van der Waals surface area (Å²) in [6, 6.07) is 112. The van der Waals surface area contributed by atoms with Crippen LogP contribution in [0.5, 0.6) is 0 Å². The molecule has 6 heterocycles. The summed E-state index contributed by atoms with van der Waals surface area (Å²) in [6.45, 7) is 0. The molecule has 10 heteroatoms. The van der Waals surface area contributed by atoms with E-state index in [1.807, 2.05) is 118 Å². The number of rotatable bonds is 10. The van der Waals surface area contributed by atoms with Crippen molar-refractivity contribution in [2.75, 3.05) is 0 Å². The summed E-state index contributed by atoms with van der Waals surface area (Å²) < 4.78 is 38.2. The molecule has 0 atom stereocenters. The van der Waals surface area contributed by atoms with Crippen molar-refractivity contribution in [3.8, 4) is 112 Å². The van der Waals surface area contributed by atoms with Crippen LogP contribution >= 0.6 is 45.3 Å². The highest BCUT2D eigenvalue weighted by Crippen LogP contribution is 2.47. The third-order valence-corrected chi connectivity index (χ3v) is 23.8. The molecule has 0 aliphatic carbocycles. The van der Waals surface area contributed by atoms with Crippen molar-refractivity contribution in [3.63, 3.8) is 0 Å². The van der Waals surface area contributed by atoms with Crippen LogP contribution in [-0.2, 0) is 0 Å². The van der Waals surface area contributed by atoms with Crippen LogP contribution in [0, 0.1) is 11.6 Å². The molecular formula is C92H54F2N4S4. The fraction of sp³-hybridized carbons (Fsp3) is 0. The third kappa shape index (κ3) is 11.4. The van der Waals surface area contributed by atoms with Gasteiger partial charge in [-0.25, -0.2) is 28.7 Å². The Bertz CT molecular complexity index is 6390. The number of nitrogens with zero attached hydrogens (tertiary/aromatic N) is 4. The first-order valence-electron chi connectivity index (χ1n) is 33.7. The summed E-state index contributed by atoms with van der Waals surface area (Å²) in [6.07, 6.45) is 0. The summed E-state index contributed by atoms with van der Waals surface area (Å²) in [5.74, 6) is 0.688. The number of fused-ring (bicyclic) bond motifs is 12. The Balaban J connectivity index is 0.000000141. The summed E-state index contributed by atoms with van der Waals surface area (Å²) >= 11 is 7.33. The molecule has 0 unspecified atom stereocenters. The Kier molecular flexibility index (Phi) is 15.3. The van der Waals surface area contributed by atoms with Crippen molar-refractivity contribution in [2.24, 2.45) is 0 Å². The maximum atomic E-state index is 14.0. The second-order valence-electron chi connectivity index (χ2n) is 25.4. The van der Waals surface area contributed by atoms with E-state index in [1.165, 1.54) is 116 Å². The molecular weight excluding hydrogens is 1330 g/mol. The Morgan fingerprint density at radius 1 is 0.186 bits per heavy atom. The van der Waals surface area contributed by atoms with E-state index in [0.717, 1.165) is 89.5 Å². The lowest BCUT2D eigenvalue weighted by atomic mass is 9.93. The minimum Gasteiger partial charge on any atom is -0.228 e. The quantitative estimate of drug-likeness (QED) is 0.137. The van der Waals surface area contributed by atoms with Gasteiger partial charge in [-0.2, -0.15) is 0 Å². The minimum atomic E-state index is -0.278. The molecule has 0 amide bonds. The van der Waals surface area contributed by atoms with E-state index in [1.54, 1.807) is 24.3 Å². The van der Waals surface area contributed by atoms with Gasteiger partial charge in [-0.15, -0.1) is 45.3 Å². The largest absolute Gasteiger partial charge is 0.228 e. The van der Waals surface area contributed by atoms with Gasteiger partial charge in [0.2, 0.25) is 0 Å². The van der Waals surface area contributed by atoms with Crippen LogP contribution in [0.15, 0.2) is 328 Å². The highest BCUT2D eigenvalue weighted by molar-refractivity contribution is 7.27. The lowest BCUT2D eigenvalue weighted by Crippen LogP contribution is -1.96. The van der Waals surface area contributed by atoms with Crippen molar-refractivity contribution in [3.05, 3.63) is 339 Å². The lowest BCUT2D eigenvalue weighted by molar-refractivity contribution is 0.627. The van der Waals surface area contributed by atoms with Gasteiger partial charge in [-0.3, -0.25) is 0 Å². The van der Waals surface area contributed by atoms with Crippen LogP contribution < -0.4 is 0 Å². The first-order valence-corrected chi connectivity index (χ1v) is 36.9. The molecule has 0 radical (unpaired) electrons. The standard InChI is InChI=1S/2C46H27FN2S2/c47-33-22-20-28(21-23-33)40-27-41(49-46(48-40)29-10-2-1-3-11-29)32-25-30(34-14-8-16-38-36-12-4-6-18-42(36)50-44(34)38)24-31(26-32)35-15-9-17-39-37-13-5-7-19-43(37)51-45(35)39;47-35-18-14-28(15-19-35)40-27-41(49-46(48-40)29-8-2-1-3-9-29)34-23-32(30-16-20-44-38(25-30)36-10-4-6-12-42(36)50-44)22-33(24-34)31-17-21-45-39(26-31)37-11-5-7-13-43(37)51-45/h2*1-27H. The topological polar surface area (TPSA) is 51.6 Å². The van der Waals surface area contributed by atoms with Crippen LogP contribution in [0.25, 0.3) is 193 Å². The summed E-state index contributed by atoms with van der Waals surface area (Å²) in [4.78, 5) is 20.3. The van der Waals surface area contributed by atoms with Crippen LogP contribution in [0.4, 0.5) is 8.78 Å². The average Bonchev–Trinajstić information content (AvgIpc) is 1.49. The fourth-order valence-electron chi connectivity index (χ4n) is 14.1. The number of hydrogen-bond donors (Lipinski definition) is 0. The molecule has 0 aliphatic heterocycles. The van der Waals surface area contributed by atoms with Gasteiger partial charge >= 0.3 is 0 Å². The van der Waals surface area contributed by atoms with Gasteiger partial charge in [0.15, 0.2) is 11.6 Å². The van der Waals surface area contributed by atoms with Crippen LogP contribution in [0.2, 0.25) is 0 Å². The van der Waals surface area contributed by atoms with E-state index < -0.39 is 0 Å². The molecule has 0 saturated heterocycles. The second kappa shape index (κ2) is 25.6. The van der Waals surface area contributed by atoms with Gasteiger partial charge in [-0.05, 0) is 190 Å². The van der Waals surface area contributed by atoms with Crippen molar-refractivity contribution in [1.82, 2.24) is 19.9 Å². The zero-order valence-corrected chi connectivity index (χ0v) is 57.6. The highest BCUT2D eigenvalue weighted by Gasteiger charge is 2.21. The molecule has 0 saturated carbocycles. The smallest absolute Gasteiger partial charge is 0.160 e. The van der Waals surface area contributed by atoms with Gasteiger partial charge in [0.25, 0.3) is 0 Å². The van der Waals surface area contributed by atoms with E-state index in [2.05, 4.69) is 206 Å². The van der Waals surface area contributed by atoms with Crippen molar-refractivity contribution < 1.29 is 8.78 Å². The Hall–Kier alpha value is -12.0. The maximum absolute atomic E-state index is 14.0. The van der Waals surface area contributed by atoms with Crippen molar-refractivity contribution in [2.45, 2.75) is 0 Å². The van der Waals surface area contributed by atoms with Crippen LogP contribution in [-0.4, -0.2) is 19.9 Å². The number of thiophene rings is 4. The molecule has 0 bridgehead atoms. The number of aromatic nitrogens is 4. The summed E-state index contributed by atoms with van der Waals surface area (Å²) in [5.41, 5.74) is 17.7. The Morgan fingerprint density at radius 2 is 0.490 bits per heavy atom. The van der Waals surface area contributed by atoms with E-state index in [0.29, 0.717) is 11.6 Å². The highest BCUT2D eigenvalue weighted by atomic mass is 32.1. The number of benzene rings is 14. The third-order valence-electron chi connectivity index (χ3n) is 19.1. The number of halogens is 2. The first kappa shape index (κ1) is 61.1. The van der Waals surface area contributed by atoms with Crippen molar-refractivity contribution in [1.29, 1.82) is 0 Å². The first-order chi connectivity index (χ1) is 50.3. The lowest BCUT2D eigenvalue weighted by Gasteiger charge is -2.14. The molecule has 480 valence electrons. The van der Waals surface area contributed by atoms with E-state index in [4.69, 9.17) is 19.9 Å². The second-order valence-corrected chi connectivity index (χ2v) is 29.7. The molecule has 20 aromatic rings. The predicted molar refractivity (Wildman–Crippen MR) is 430 cm³/mol. The van der Waals surface area contributed by atoms with Gasteiger partial charge < -0.3 is 0 Å². The SMILES string of the molecule is Fc1ccc(-c2cc(-c3cc(-c4ccc5sc6ccccc6c5c4)cc(-c4ccc5sc6ccccc6c5c4)c3)nc(-c3ccccc3)n2)cc1.Fc1ccc(-c2cc(-c3cc(-c4cccc5c4sc4ccccc45)cc(-c4cccc5c4sc4ccccc45)c3)nc(-c3ccccc3)n2)cc1. The molecule has 0 spiro atoms. The molecule has 20 rings (SSSR count). The molecule has 102 heavy (non-hydrogen) atoms. The van der Waals surface area contributed by atoms with Crippen molar-refractivity contribution >= 4 is 126 Å². The number of hydrogen-bond acceptors (Lipinski definition) is 8. The maximum Gasteiger partial charge on any atom is 0.160 e. The van der Waals surface area contributed by atoms with E-state index >= 15 is 0 Å². The molecule has 0 fully saturated rings. The predicted octanol–water partition coefficient (Wildman–Crippen LogP) is 27.4. The van der Waals surface area contributed by atoms with Gasteiger partial charge in [0.1, 0.15) is 11.6 Å². The zero-order chi connectivity index (χ0) is 67.8. The van der Waals surface area contributed by atoms with E-state index in [-0.39, 0.29) is 11.6 Å². The average molecular weight is 1380 g/mol. The summed E-state index contributed by atoms with van der Waals surface area (Å²) in [7, 11) is 0. The van der Waals surface area contributed by atoms with Gasteiger partial charge in [0.05, 0.1) is 22.8 Å². The monoisotopic (exact) mass is 1380 g/mol. The van der Waals surface area contributed by atoms with E-state index in [9.17, 15) is 8.78 Å². The Labute approximate surface area is 601 Å². The zero-order valence-electron chi connectivity index (χ0n) is 54.4. The molecule has 0 N–H and O–H groups in total. The summed E-state index contributed by atoms with van der Waals surface area (Å²) in [5, 5.41) is 10.2. The Morgan fingerprint density at radius 3 is 0.902 bits per heavy atom.